The third-order valence-corrected chi connectivity index (χ3v) is 3.47. The second-order valence-electron chi connectivity index (χ2n) is 4.46. The molecule has 1 aliphatic carbocycles. The molecule has 2 aromatic carbocycles. The van der Waals surface area contributed by atoms with E-state index in [0.29, 0.717) is 6.61 Å². The number of carbonyl (C=O) groups excluding carboxylic acids is 1. The summed E-state index contributed by atoms with van der Waals surface area (Å²) in [6.45, 7) is 3.47. The fourth-order valence-electron chi connectivity index (χ4n) is 2.64. The van der Waals surface area contributed by atoms with Crippen molar-refractivity contribution < 1.29 is 9.53 Å². The SMILES string of the molecule is C=NC(=O)OCC1c2ccccc2-c2ccccc21. The van der Waals surface area contributed by atoms with Crippen molar-refractivity contribution in [3.63, 3.8) is 0 Å². The minimum absolute atomic E-state index is 0.0816. The van der Waals surface area contributed by atoms with Gasteiger partial charge < -0.3 is 4.74 Å². The predicted molar refractivity (Wildman–Crippen MR) is 74.6 cm³/mol. The number of hydrogen-bond donors (Lipinski definition) is 0. The number of ether oxygens (including phenoxy) is 1. The number of hydrogen-bond acceptors (Lipinski definition) is 2. The lowest BCUT2D eigenvalue weighted by atomic mass is 9.98. The first-order valence-corrected chi connectivity index (χ1v) is 6.13. The Labute approximate surface area is 111 Å². The molecule has 2 aromatic rings. The highest BCUT2D eigenvalue weighted by Crippen LogP contribution is 2.44. The first-order valence-electron chi connectivity index (χ1n) is 6.13. The summed E-state index contributed by atoms with van der Waals surface area (Å²) in [7, 11) is 0. The van der Waals surface area contributed by atoms with Gasteiger partial charge in [0, 0.05) is 5.92 Å². The van der Waals surface area contributed by atoms with Crippen LogP contribution < -0.4 is 0 Å². The predicted octanol–water partition coefficient (Wildman–Crippen LogP) is 3.64. The van der Waals surface area contributed by atoms with E-state index in [1.54, 1.807) is 0 Å². The smallest absolute Gasteiger partial charge is 0.432 e. The van der Waals surface area contributed by atoms with Gasteiger partial charge in [-0.2, -0.15) is 4.99 Å². The van der Waals surface area contributed by atoms with Crippen molar-refractivity contribution in [2.45, 2.75) is 5.92 Å². The molecule has 0 saturated heterocycles. The molecule has 0 radical (unpaired) electrons. The van der Waals surface area contributed by atoms with E-state index in [1.807, 2.05) is 24.3 Å². The maximum Gasteiger partial charge on any atom is 0.432 e. The molecule has 0 atom stereocenters. The van der Waals surface area contributed by atoms with E-state index < -0.39 is 6.09 Å². The van der Waals surface area contributed by atoms with Gasteiger partial charge in [0.05, 0.1) is 0 Å². The summed E-state index contributed by atoms with van der Waals surface area (Å²) >= 11 is 0. The van der Waals surface area contributed by atoms with E-state index in [2.05, 4.69) is 36.0 Å². The van der Waals surface area contributed by atoms with Crippen molar-refractivity contribution in [2.24, 2.45) is 4.99 Å². The van der Waals surface area contributed by atoms with Crippen LogP contribution in [0.1, 0.15) is 17.0 Å². The van der Waals surface area contributed by atoms with Crippen molar-refractivity contribution in [1.29, 1.82) is 0 Å². The summed E-state index contributed by atoms with van der Waals surface area (Å²) in [4.78, 5) is 14.4. The Morgan fingerprint density at radius 1 is 1.05 bits per heavy atom. The summed E-state index contributed by atoms with van der Waals surface area (Å²) in [5, 5.41) is 0. The van der Waals surface area contributed by atoms with Crippen LogP contribution in [0.5, 0.6) is 0 Å². The van der Waals surface area contributed by atoms with Gasteiger partial charge in [0.2, 0.25) is 0 Å². The molecule has 0 bridgehead atoms. The first kappa shape index (κ1) is 11.7. The largest absolute Gasteiger partial charge is 0.447 e. The quantitative estimate of drug-likeness (QED) is 0.764. The molecule has 0 unspecified atom stereocenters. The Balaban J connectivity index is 2.00. The average molecular weight is 251 g/mol. The highest BCUT2D eigenvalue weighted by atomic mass is 16.5. The standard InChI is InChI=1S/C16H13NO2/c1-17-16(18)19-10-15-13-8-4-2-6-11(13)12-7-3-5-9-14(12)15/h2-9,15H,1,10H2. The molecule has 0 N–H and O–H groups in total. The molecule has 3 rings (SSSR count). The molecule has 3 nitrogen and oxygen atoms in total. The number of benzene rings is 2. The van der Waals surface area contributed by atoms with Gasteiger partial charge in [0.15, 0.2) is 0 Å². The molecule has 1 amide bonds. The normalized spacial score (nSPS) is 12.6. The fourth-order valence-corrected chi connectivity index (χ4v) is 2.64. The zero-order valence-corrected chi connectivity index (χ0v) is 10.4. The van der Waals surface area contributed by atoms with Crippen LogP contribution in [0.3, 0.4) is 0 Å². The summed E-state index contributed by atoms with van der Waals surface area (Å²) < 4.78 is 5.12. The van der Waals surface area contributed by atoms with Gasteiger partial charge in [0.1, 0.15) is 6.61 Å². The topological polar surface area (TPSA) is 38.7 Å². The van der Waals surface area contributed by atoms with Crippen LogP contribution in [0.25, 0.3) is 11.1 Å². The van der Waals surface area contributed by atoms with E-state index in [-0.39, 0.29) is 5.92 Å². The number of amides is 1. The second kappa shape index (κ2) is 4.69. The minimum atomic E-state index is -0.623. The van der Waals surface area contributed by atoms with Gasteiger partial charge in [0.25, 0.3) is 0 Å². The number of nitrogens with zero attached hydrogens (tertiary/aromatic N) is 1. The third-order valence-electron chi connectivity index (χ3n) is 3.47. The van der Waals surface area contributed by atoms with Crippen molar-refractivity contribution in [2.75, 3.05) is 6.61 Å². The summed E-state index contributed by atoms with van der Waals surface area (Å²) in [6, 6.07) is 16.4. The number of carbonyl (C=O) groups is 1. The minimum Gasteiger partial charge on any atom is -0.447 e. The lowest BCUT2D eigenvalue weighted by Gasteiger charge is -2.12. The Hall–Kier alpha value is -2.42. The molecule has 19 heavy (non-hydrogen) atoms. The van der Waals surface area contributed by atoms with Gasteiger partial charge >= 0.3 is 6.09 Å². The molecule has 0 aromatic heterocycles. The molecular weight excluding hydrogens is 238 g/mol. The van der Waals surface area contributed by atoms with Gasteiger partial charge in [-0.15, -0.1) is 0 Å². The van der Waals surface area contributed by atoms with Crippen molar-refractivity contribution >= 4 is 12.8 Å². The van der Waals surface area contributed by atoms with Crippen LogP contribution in [0.4, 0.5) is 4.79 Å². The zero-order chi connectivity index (χ0) is 13.2. The van der Waals surface area contributed by atoms with Crippen molar-refractivity contribution in [3.05, 3.63) is 59.7 Å². The van der Waals surface area contributed by atoms with Gasteiger partial charge in [-0.25, -0.2) is 4.79 Å². The van der Waals surface area contributed by atoms with Crippen LogP contribution in [0.2, 0.25) is 0 Å². The van der Waals surface area contributed by atoms with Gasteiger partial charge in [-0.1, -0.05) is 48.5 Å². The van der Waals surface area contributed by atoms with E-state index in [1.165, 1.54) is 22.3 Å². The monoisotopic (exact) mass is 251 g/mol. The molecule has 0 heterocycles. The lowest BCUT2D eigenvalue weighted by molar-refractivity contribution is 0.154. The second-order valence-corrected chi connectivity index (χ2v) is 4.46. The number of fused-ring (bicyclic) bond motifs is 3. The van der Waals surface area contributed by atoms with Crippen molar-refractivity contribution in [1.82, 2.24) is 0 Å². The summed E-state index contributed by atoms with van der Waals surface area (Å²) in [5.41, 5.74) is 4.82. The van der Waals surface area contributed by atoms with E-state index >= 15 is 0 Å². The Kier molecular flexibility index (Phi) is 2.88. The zero-order valence-electron chi connectivity index (χ0n) is 10.4. The molecule has 1 aliphatic rings. The molecule has 94 valence electrons. The third kappa shape index (κ3) is 1.93. The van der Waals surface area contributed by atoms with E-state index in [4.69, 9.17) is 4.74 Å². The molecule has 0 saturated carbocycles. The summed E-state index contributed by atoms with van der Waals surface area (Å²) in [5.74, 6) is 0.0816. The van der Waals surface area contributed by atoms with Crippen molar-refractivity contribution in [3.8, 4) is 11.1 Å². The summed E-state index contributed by atoms with van der Waals surface area (Å²) in [6.07, 6.45) is -0.623. The van der Waals surface area contributed by atoms with Crippen LogP contribution in [-0.2, 0) is 4.74 Å². The number of rotatable bonds is 2. The molecule has 0 fully saturated rings. The van der Waals surface area contributed by atoms with E-state index in [0.717, 1.165) is 0 Å². The number of aliphatic imine (C=N–C) groups is 1. The lowest BCUT2D eigenvalue weighted by Crippen LogP contribution is -2.09. The Morgan fingerprint density at radius 3 is 2.11 bits per heavy atom. The van der Waals surface area contributed by atoms with Crippen LogP contribution in [0, 0.1) is 0 Å². The fraction of sp³-hybridized carbons (Fsp3) is 0.125. The Morgan fingerprint density at radius 2 is 1.58 bits per heavy atom. The molecule has 0 aliphatic heterocycles. The highest BCUT2D eigenvalue weighted by Gasteiger charge is 2.28. The molecular formula is C16H13NO2. The first-order chi connectivity index (χ1) is 9.31. The average Bonchev–Trinajstić information content (AvgIpc) is 2.79. The van der Waals surface area contributed by atoms with Gasteiger partial charge in [-0.05, 0) is 29.0 Å². The highest BCUT2D eigenvalue weighted by molar-refractivity contribution is 5.79. The van der Waals surface area contributed by atoms with E-state index in [9.17, 15) is 4.79 Å². The molecule has 0 spiro atoms. The molecule has 3 heteroatoms. The maximum atomic E-state index is 11.1. The van der Waals surface area contributed by atoms with Crippen LogP contribution >= 0.6 is 0 Å². The Bertz CT molecular complexity index is 603. The van der Waals surface area contributed by atoms with Crippen LogP contribution in [-0.4, -0.2) is 19.4 Å². The maximum absolute atomic E-state index is 11.1. The van der Waals surface area contributed by atoms with Gasteiger partial charge in [-0.3, -0.25) is 0 Å². The van der Waals surface area contributed by atoms with Crippen LogP contribution in [0.15, 0.2) is 53.5 Å².